The van der Waals surface area contributed by atoms with Gasteiger partial charge in [0.05, 0.1) is 11.5 Å². The molecule has 0 aliphatic carbocycles. The predicted octanol–water partition coefficient (Wildman–Crippen LogP) is 1.49. The molecule has 1 N–H and O–H groups in total. The molecule has 0 saturated carbocycles. The number of halogens is 1. The molecule has 2 rings (SSSR count). The van der Waals surface area contributed by atoms with Gasteiger partial charge in [0, 0.05) is 12.6 Å². The van der Waals surface area contributed by atoms with Crippen LogP contribution in [-0.2, 0) is 16.4 Å². The van der Waals surface area contributed by atoms with Crippen LogP contribution in [0.5, 0.6) is 0 Å². The van der Waals surface area contributed by atoms with Crippen LogP contribution in [0.15, 0.2) is 24.3 Å². The van der Waals surface area contributed by atoms with Gasteiger partial charge >= 0.3 is 0 Å². The van der Waals surface area contributed by atoms with E-state index in [-0.39, 0.29) is 17.6 Å². The minimum Gasteiger partial charge on any atom is -0.309 e. The Morgan fingerprint density at radius 3 is 2.65 bits per heavy atom. The second kappa shape index (κ2) is 5.14. The summed E-state index contributed by atoms with van der Waals surface area (Å²) in [5.41, 5.74) is 0.967. The Hall–Kier alpha value is -0.940. The van der Waals surface area contributed by atoms with Crippen LogP contribution in [0.4, 0.5) is 4.39 Å². The van der Waals surface area contributed by atoms with E-state index >= 15 is 0 Å². The molecule has 1 aromatic carbocycles. The van der Waals surface area contributed by atoms with Crippen molar-refractivity contribution in [2.45, 2.75) is 25.4 Å². The molecular weight excluding hydrogens is 241 g/mol. The van der Waals surface area contributed by atoms with Gasteiger partial charge in [-0.2, -0.15) is 0 Å². The molecule has 1 fully saturated rings. The Labute approximate surface area is 101 Å². The molecule has 5 heteroatoms. The van der Waals surface area contributed by atoms with Gasteiger partial charge in [0.2, 0.25) is 0 Å². The fraction of sp³-hybridized carbons (Fsp3) is 0.500. The molecule has 1 heterocycles. The normalized spacial score (nSPS) is 23.5. The summed E-state index contributed by atoms with van der Waals surface area (Å²) in [6.07, 6.45) is 1.61. The first-order valence-electron chi connectivity index (χ1n) is 5.73. The number of hydrogen-bond acceptors (Lipinski definition) is 3. The van der Waals surface area contributed by atoms with Crippen molar-refractivity contribution in [2.75, 3.05) is 11.5 Å². The molecule has 3 nitrogen and oxygen atoms in total. The standard InChI is InChI=1S/C12H16FNO2S/c13-11-5-3-10(4-6-11)8-14-12-2-1-7-17(15,16)9-12/h3-6,12,14H,1-2,7-9H2. The van der Waals surface area contributed by atoms with Crippen LogP contribution in [0, 0.1) is 5.82 Å². The summed E-state index contributed by atoms with van der Waals surface area (Å²) >= 11 is 0. The summed E-state index contributed by atoms with van der Waals surface area (Å²) in [5.74, 6) is 0.268. The van der Waals surface area contributed by atoms with Crippen molar-refractivity contribution in [1.29, 1.82) is 0 Å². The molecule has 1 aliphatic heterocycles. The van der Waals surface area contributed by atoms with E-state index in [2.05, 4.69) is 5.32 Å². The summed E-state index contributed by atoms with van der Waals surface area (Å²) in [6.45, 7) is 0.584. The summed E-state index contributed by atoms with van der Waals surface area (Å²) in [4.78, 5) is 0. The summed E-state index contributed by atoms with van der Waals surface area (Å²) in [5, 5.41) is 3.21. The largest absolute Gasteiger partial charge is 0.309 e. The Kier molecular flexibility index (Phi) is 3.79. The van der Waals surface area contributed by atoms with Gasteiger partial charge in [0.1, 0.15) is 5.82 Å². The minimum absolute atomic E-state index is 0.0267. The molecule has 1 unspecified atom stereocenters. The molecule has 0 spiro atoms. The number of nitrogens with one attached hydrogen (secondary N) is 1. The molecule has 0 bridgehead atoms. The highest BCUT2D eigenvalue weighted by Gasteiger charge is 2.23. The maximum Gasteiger partial charge on any atom is 0.151 e. The monoisotopic (exact) mass is 257 g/mol. The van der Waals surface area contributed by atoms with E-state index in [0.29, 0.717) is 12.3 Å². The van der Waals surface area contributed by atoms with Crippen LogP contribution >= 0.6 is 0 Å². The first-order chi connectivity index (χ1) is 8.05. The van der Waals surface area contributed by atoms with E-state index in [1.807, 2.05) is 0 Å². The lowest BCUT2D eigenvalue weighted by Gasteiger charge is -2.23. The smallest absolute Gasteiger partial charge is 0.151 e. The molecule has 1 atom stereocenters. The highest BCUT2D eigenvalue weighted by molar-refractivity contribution is 7.91. The zero-order valence-electron chi connectivity index (χ0n) is 9.52. The first-order valence-corrected chi connectivity index (χ1v) is 7.55. The Morgan fingerprint density at radius 2 is 2.00 bits per heavy atom. The van der Waals surface area contributed by atoms with Gasteiger partial charge in [-0.1, -0.05) is 12.1 Å². The number of rotatable bonds is 3. The van der Waals surface area contributed by atoms with Gasteiger partial charge in [-0.25, -0.2) is 12.8 Å². The van der Waals surface area contributed by atoms with Crippen molar-refractivity contribution in [3.05, 3.63) is 35.6 Å². The molecule has 1 aliphatic rings. The lowest BCUT2D eigenvalue weighted by Crippen LogP contribution is -2.39. The van der Waals surface area contributed by atoms with Gasteiger partial charge < -0.3 is 5.32 Å². The number of hydrogen-bond donors (Lipinski definition) is 1. The molecule has 94 valence electrons. The quantitative estimate of drug-likeness (QED) is 0.892. The molecule has 1 saturated heterocycles. The van der Waals surface area contributed by atoms with Gasteiger partial charge in [0.15, 0.2) is 9.84 Å². The van der Waals surface area contributed by atoms with Gasteiger partial charge in [0.25, 0.3) is 0 Å². The molecular formula is C12H16FNO2S. The third-order valence-corrected chi connectivity index (χ3v) is 4.79. The van der Waals surface area contributed by atoms with E-state index in [1.165, 1.54) is 12.1 Å². The molecule has 0 amide bonds. The van der Waals surface area contributed by atoms with Crippen molar-refractivity contribution in [2.24, 2.45) is 0 Å². The van der Waals surface area contributed by atoms with Crippen LogP contribution in [0.2, 0.25) is 0 Å². The van der Waals surface area contributed by atoms with Crippen molar-refractivity contribution >= 4 is 9.84 Å². The van der Waals surface area contributed by atoms with Gasteiger partial charge in [-0.15, -0.1) is 0 Å². The first kappa shape index (κ1) is 12.5. The van der Waals surface area contributed by atoms with Crippen LogP contribution in [0.3, 0.4) is 0 Å². The lowest BCUT2D eigenvalue weighted by molar-refractivity contribution is 0.480. The van der Waals surface area contributed by atoms with Crippen molar-refractivity contribution in [1.82, 2.24) is 5.32 Å². The zero-order chi connectivity index (χ0) is 12.3. The van der Waals surface area contributed by atoms with Crippen molar-refractivity contribution in [3.8, 4) is 0 Å². The number of sulfone groups is 1. The van der Waals surface area contributed by atoms with Crippen molar-refractivity contribution in [3.63, 3.8) is 0 Å². The van der Waals surface area contributed by atoms with E-state index < -0.39 is 9.84 Å². The van der Waals surface area contributed by atoms with Crippen LogP contribution in [-0.4, -0.2) is 26.0 Å². The summed E-state index contributed by atoms with van der Waals surface area (Å²) < 4.78 is 35.5. The van der Waals surface area contributed by atoms with E-state index in [9.17, 15) is 12.8 Å². The SMILES string of the molecule is O=S1(=O)CCCC(NCc2ccc(F)cc2)C1. The molecule has 0 aromatic heterocycles. The number of benzene rings is 1. The molecule has 1 aromatic rings. The second-order valence-corrected chi connectivity index (χ2v) is 6.69. The Morgan fingerprint density at radius 1 is 1.29 bits per heavy atom. The topological polar surface area (TPSA) is 46.2 Å². The molecule has 0 radical (unpaired) electrons. The van der Waals surface area contributed by atoms with E-state index in [0.717, 1.165) is 18.4 Å². The average Bonchev–Trinajstić information content (AvgIpc) is 2.27. The van der Waals surface area contributed by atoms with Crippen LogP contribution < -0.4 is 5.32 Å². The van der Waals surface area contributed by atoms with Gasteiger partial charge in [-0.05, 0) is 30.5 Å². The molecule has 17 heavy (non-hydrogen) atoms. The third kappa shape index (κ3) is 3.78. The second-order valence-electron chi connectivity index (χ2n) is 4.46. The van der Waals surface area contributed by atoms with E-state index in [4.69, 9.17) is 0 Å². The maximum absolute atomic E-state index is 12.7. The minimum atomic E-state index is -2.87. The Bertz CT molecular complexity index is 470. The fourth-order valence-corrected chi connectivity index (χ4v) is 3.72. The Balaban J connectivity index is 1.88. The van der Waals surface area contributed by atoms with Crippen molar-refractivity contribution < 1.29 is 12.8 Å². The average molecular weight is 257 g/mol. The lowest BCUT2D eigenvalue weighted by atomic mass is 10.1. The third-order valence-electron chi connectivity index (χ3n) is 2.97. The van der Waals surface area contributed by atoms with Gasteiger partial charge in [-0.3, -0.25) is 0 Å². The highest BCUT2D eigenvalue weighted by atomic mass is 32.2. The van der Waals surface area contributed by atoms with Crippen LogP contribution in [0.1, 0.15) is 18.4 Å². The fourth-order valence-electron chi connectivity index (χ4n) is 2.05. The summed E-state index contributed by atoms with van der Waals surface area (Å²) in [7, 11) is -2.87. The van der Waals surface area contributed by atoms with E-state index in [1.54, 1.807) is 12.1 Å². The summed E-state index contributed by atoms with van der Waals surface area (Å²) in [6, 6.07) is 6.27. The zero-order valence-corrected chi connectivity index (χ0v) is 10.3. The van der Waals surface area contributed by atoms with Crippen LogP contribution in [0.25, 0.3) is 0 Å². The maximum atomic E-state index is 12.7. The predicted molar refractivity (Wildman–Crippen MR) is 64.9 cm³/mol. The highest BCUT2D eigenvalue weighted by Crippen LogP contribution is 2.12.